The van der Waals surface area contributed by atoms with Gasteiger partial charge in [-0.3, -0.25) is 0 Å². The molecule has 2 heteroatoms. The van der Waals surface area contributed by atoms with E-state index in [0.29, 0.717) is 6.04 Å². The summed E-state index contributed by atoms with van der Waals surface area (Å²) < 4.78 is 0. The number of benzene rings is 1. The fourth-order valence-corrected chi connectivity index (χ4v) is 2.17. The van der Waals surface area contributed by atoms with Crippen LogP contribution in [0.4, 0.5) is 5.69 Å². The third-order valence-electron chi connectivity index (χ3n) is 3.57. The second-order valence-corrected chi connectivity index (χ2v) is 5.35. The predicted octanol–water partition coefficient (Wildman–Crippen LogP) is 3.84. The van der Waals surface area contributed by atoms with Gasteiger partial charge in [0, 0.05) is 25.8 Å². The Morgan fingerprint density at radius 3 is 2.50 bits per heavy atom. The lowest BCUT2D eigenvalue weighted by atomic mass is 9.94. The van der Waals surface area contributed by atoms with Crippen molar-refractivity contribution in [2.45, 2.75) is 39.7 Å². The SMILES string of the molecule is CCNC(CC(C)CC)c1cccc(N(C)C)c1. The summed E-state index contributed by atoms with van der Waals surface area (Å²) in [6.45, 7) is 7.80. The first kappa shape index (κ1) is 15.0. The minimum atomic E-state index is 0.477. The van der Waals surface area contributed by atoms with Gasteiger partial charge in [0.2, 0.25) is 0 Å². The molecule has 0 radical (unpaired) electrons. The van der Waals surface area contributed by atoms with Gasteiger partial charge in [-0.2, -0.15) is 0 Å². The molecule has 1 aromatic rings. The Hall–Kier alpha value is -1.02. The molecule has 0 aliphatic carbocycles. The molecule has 1 N–H and O–H groups in total. The fraction of sp³-hybridized carbons (Fsp3) is 0.625. The van der Waals surface area contributed by atoms with E-state index in [1.165, 1.54) is 24.1 Å². The van der Waals surface area contributed by atoms with Gasteiger partial charge in [0.25, 0.3) is 0 Å². The lowest BCUT2D eigenvalue weighted by Crippen LogP contribution is -2.23. The van der Waals surface area contributed by atoms with Crippen molar-refractivity contribution in [3.8, 4) is 0 Å². The first-order chi connectivity index (χ1) is 8.58. The van der Waals surface area contributed by atoms with E-state index in [1.54, 1.807) is 0 Å². The molecule has 0 bridgehead atoms. The molecule has 2 unspecified atom stereocenters. The van der Waals surface area contributed by atoms with Crippen LogP contribution in [-0.2, 0) is 0 Å². The topological polar surface area (TPSA) is 15.3 Å². The third kappa shape index (κ3) is 4.34. The zero-order chi connectivity index (χ0) is 13.5. The van der Waals surface area contributed by atoms with E-state index < -0.39 is 0 Å². The van der Waals surface area contributed by atoms with Gasteiger partial charge < -0.3 is 10.2 Å². The first-order valence-electron chi connectivity index (χ1n) is 7.09. The molecule has 0 amide bonds. The summed E-state index contributed by atoms with van der Waals surface area (Å²) in [6.07, 6.45) is 2.45. The largest absolute Gasteiger partial charge is 0.378 e. The quantitative estimate of drug-likeness (QED) is 0.788. The maximum Gasteiger partial charge on any atom is 0.0364 e. The number of rotatable bonds is 7. The van der Waals surface area contributed by atoms with Gasteiger partial charge in [-0.15, -0.1) is 0 Å². The predicted molar refractivity (Wildman–Crippen MR) is 81.3 cm³/mol. The fourth-order valence-electron chi connectivity index (χ4n) is 2.17. The van der Waals surface area contributed by atoms with Crippen molar-refractivity contribution in [1.29, 1.82) is 0 Å². The Morgan fingerprint density at radius 2 is 1.94 bits per heavy atom. The Bertz CT molecular complexity index is 347. The van der Waals surface area contributed by atoms with Crippen molar-refractivity contribution in [1.82, 2.24) is 5.32 Å². The lowest BCUT2D eigenvalue weighted by molar-refractivity contribution is 0.408. The summed E-state index contributed by atoms with van der Waals surface area (Å²) >= 11 is 0. The van der Waals surface area contributed by atoms with Crippen molar-refractivity contribution >= 4 is 5.69 Å². The van der Waals surface area contributed by atoms with E-state index in [0.717, 1.165) is 12.5 Å². The van der Waals surface area contributed by atoms with Crippen molar-refractivity contribution in [2.24, 2.45) is 5.92 Å². The van der Waals surface area contributed by atoms with E-state index in [4.69, 9.17) is 0 Å². The van der Waals surface area contributed by atoms with Crippen LogP contribution in [0.5, 0.6) is 0 Å². The molecule has 0 fully saturated rings. The summed E-state index contributed by atoms with van der Waals surface area (Å²) in [4.78, 5) is 2.16. The molecule has 0 spiro atoms. The van der Waals surface area contributed by atoms with Crippen LogP contribution in [0.1, 0.15) is 45.2 Å². The average Bonchev–Trinajstić information content (AvgIpc) is 2.38. The van der Waals surface area contributed by atoms with Crippen LogP contribution in [0.15, 0.2) is 24.3 Å². The highest BCUT2D eigenvalue weighted by Gasteiger charge is 2.14. The molecule has 0 aliphatic rings. The van der Waals surface area contributed by atoms with Gasteiger partial charge in [0.1, 0.15) is 0 Å². The van der Waals surface area contributed by atoms with E-state index in [9.17, 15) is 0 Å². The van der Waals surface area contributed by atoms with Crippen molar-refractivity contribution in [3.05, 3.63) is 29.8 Å². The third-order valence-corrected chi connectivity index (χ3v) is 3.57. The van der Waals surface area contributed by atoms with Crippen LogP contribution in [0.3, 0.4) is 0 Å². The second-order valence-electron chi connectivity index (χ2n) is 5.35. The van der Waals surface area contributed by atoms with Crippen LogP contribution in [-0.4, -0.2) is 20.6 Å². The molecule has 0 aliphatic heterocycles. The zero-order valence-electron chi connectivity index (χ0n) is 12.5. The van der Waals surface area contributed by atoms with Crippen LogP contribution in [0.2, 0.25) is 0 Å². The molecular weight excluding hydrogens is 220 g/mol. The molecule has 0 heterocycles. The standard InChI is InChI=1S/C16H28N2/c1-6-13(3)11-16(17-7-2)14-9-8-10-15(12-14)18(4)5/h8-10,12-13,16-17H,6-7,11H2,1-5H3. The smallest absolute Gasteiger partial charge is 0.0364 e. The van der Waals surface area contributed by atoms with Gasteiger partial charge in [0.15, 0.2) is 0 Å². The van der Waals surface area contributed by atoms with Gasteiger partial charge in [-0.25, -0.2) is 0 Å². The zero-order valence-corrected chi connectivity index (χ0v) is 12.5. The molecule has 102 valence electrons. The molecule has 2 atom stereocenters. The first-order valence-corrected chi connectivity index (χ1v) is 7.09. The summed E-state index contributed by atoms with van der Waals surface area (Å²) in [5.41, 5.74) is 2.68. The Labute approximate surface area is 112 Å². The average molecular weight is 248 g/mol. The van der Waals surface area contributed by atoms with Crippen molar-refractivity contribution < 1.29 is 0 Å². The van der Waals surface area contributed by atoms with Crippen LogP contribution < -0.4 is 10.2 Å². The number of nitrogens with zero attached hydrogens (tertiary/aromatic N) is 1. The van der Waals surface area contributed by atoms with Crippen LogP contribution in [0.25, 0.3) is 0 Å². The van der Waals surface area contributed by atoms with Crippen LogP contribution >= 0.6 is 0 Å². The van der Waals surface area contributed by atoms with Crippen molar-refractivity contribution in [3.63, 3.8) is 0 Å². The minimum absolute atomic E-state index is 0.477. The van der Waals surface area contributed by atoms with E-state index in [2.05, 4.69) is 69.3 Å². The number of hydrogen-bond acceptors (Lipinski definition) is 2. The summed E-state index contributed by atoms with van der Waals surface area (Å²) in [5, 5.41) is 3.61. The van der Waals surface area contributed by atoms with Crippen molar-refractivity contribution in [2.75, 3.05) is 25.5 Å². The highest BCUT2D eigenvalue weighted by Crippen LogP contribution is 2.25. The molecule has 0 saturated heterocycles. The molecule has 1 aromatic carbocycles. The minimum Gasteiger partial charge on any atom is -0.378 e. The maximum atomic E-state index is 3.61. The van der Waals surface area contributed by atoms with E-state index in [-0.39, 0.29) is 0 Å². The normalized spacial score (nSPS) is 14.3. The van der Waals surface area contributed by atoms with Crippen LogP contribution in [0, 0.1) is 5.92 Å². The van der Waals surface area contributed by atoms with Gasteiger partial charge in [-0.1, -0.05) is 39.3 Å². The molecule has 0 aromatic heterocycles. The second kappa shape index (κ2) is 7.42. The summed E-state index contributed by atoms with van der Waals surface area (Å²) in [7, 11) is 4.19. The Balaban J connectivity index is 2.87. The highest BCUT2D eigenvalue weighted by atomic mass is 15.1. The molecule has 18 heavy (non-hydrogen) atoms. The highest BCUT2D eigenvalue weighted by molar-refractivity contribution is 5.47. The summed E-state index contributed by atoms with van der Waals surface area (Å²) in [5.74, 6) is 0.761. The molecule has 0 saturated carbocycles. The summed E-state index contributed by atoms with van der Waals surface area (Å²) in [6, 6.07) is 9.34. The maximum absolute atomic E-state index is 3.61. The lowest BCUT2D eigenvalue weighted by Gasteiger charge is -2.23. The van der Waals surface area contributed by atoms with Gasteiger partial charge >= 0.3 is 0 Å². The molecule has 2 nitrogen and oxygen atoms in total. The number of anilines is 1. The van der Waals surface area contributed by atoms with Gasteiger partial charge in [0.05, 0.1) is 0 Å². The monoisotopic (exact) mass is 248 g/mol. The van der Waals surface area contributed by atoms with E-state index in [1.807, 2.05) is 0 Å². The van der Waals surface area contributed by atoms with E-state index >= 15 is 0 Å². The molecular formula is C16H28N2. The van der Waals surface area contributed by atoms with Gasteiger partial charge in [-0.05, 0) is 36.6 Å². The number of hydrogen-bond donors (Lipinski definition) is 1. The number of nitrogens with one attached hydrogen (secondary N) is 1. The Kier molecular flexibility index (Phi) is 6.20. The Morgan fingerprint density at radius 1 is 1.22 bits per heavy atom. The molecule has 1 rings (SSSR count).